The zero-order chi connectivity index (χ0) is 18.0. The van der Waals surface area contributed by atoms with Gasteiger partial charge in [-0.15, -0.1) is 0 Å². The second-order valence-electron chi connectivity index (χ2n) is 4.80. The molecule has 0 bridgehead atoms. The third-order valence-electron chi connectivity index (χ3n) is 2.45. The van der Waals surface area contributed by atoms with Crippen molar-refractivity contribution in [3.8, 4) is 0 Å². The second kappa shape index (κ2) is 10.4. The molecule has 0 radical (unpaired) electrons. The summed E-state index contributed by atoms with van der Waals surface area (Å²) in [5, 5.41) is 18.9. The van der Waals surface area contributed by atoms with Crippen LogP contribution in [-0.4, -0.2) is 40.7 Å². The summed E-state index contributed by atoms with van der Waals surface area (Å²) in [5.74, 6) is -3.54. The van der Waals surface area contributed by atoms with Crippen molar-refractivity contribution < 1.29 is 19.8 Å². The van der Waals surface area contributed by atoms with Crippen molar-refractivity contribution in [1.82, 2.24) is 5.32 Å². The maximum Gasteiger partial charge on any atom is 0.414 e. The summed E-state index contributed by atoms with van der Waals surface area (Å²) in [6.07, 6.45) is 0. The molecule has 0 fully saturated rings. The number of carboxylic acids is 2. The fourth-order valence-corrected chi connectivity index (χ4v) is 1.67. The molecular formula is C14H21ClN4O4. The molecule has 1 aromatic carbocycles. The Morgan fingerprint density at radius 2 is 1.65 bits per heavy atom. The molecule has 7 N–H and O–H groups in total. The number of nitrogens with one attached hydrogen (secondary N) is 1. The maximum atomic E-state index is 9.10. The molecule has 0 heterocycles. The number of hydrogen-bond acceptors (Lipinski definition) is 4. The van der Waals surface area contributed by atoms with E-state index in [1.165, 1.54) is 0 Å². The van der Waals surface area contributed by atoms with Gasteiger partial charge in [0.2, 0.25) is 0 Å². The quantitative estimate of drug-likeness (QED) is 0.301. The van der Waals surface area contributed by atoms with Crippen molar-refractivity contribution >= 4 is 29.5 Å². The second-order valence-corrected chi connectivity index (χ2v) is 5.24. The number of aliphatic imine (C=N–C) groups is 1. The zero-order valence-corrected chi connectivity index (χ0v) is 13.6. The summed E-state index contributed by atoms with van der Waals surface area (Å²) in [7, 11) is 0. The first kappa shape index (κ1) is 20.7. The molecule has 1 unspecified atom stereocenters. The number of aliphatic carboxylic acids is 2. The van der Waals surface area contributed by atoms with E-state index < -0.39 is 11.9 Å². The summed E-state index contributed by atoms with van der Waals surface area (Å²) in [6.45, 7) is 4.68. The van der Waals surface area contributed by atoms with Crippen molar-refractivity contribution in [2.24, 2.45) is 16.5 Å². The molecule has 1 rings (SSSR count). The Morgan fingerprint density at radius 1 is 1.17 bits per heavy atom. The van der Waals surface area contributed by atoms with E-state index in [2.05, 4.69) is 24.2 Å². The van der Waals surface area contributed by atoms with Crippen LogP contribution in [0.2, 0.25) is 5.02 Å². The van der Waals surface area contributed by atoms with Crippen molar-refractivity contribution in [3.63, 3.8) is 0 Å². The van der Waals surface area contributed by atoms with Crippen LogP contribution in [0, 0.1) is 0 Å². The number of nitrogens with zero attached hydrogens (tertiary/aromatic N) is 1. The van der Waals surface area contributed by atoms with Crippen LogP contribution in [0.25, 0.3) is 0 Å². The molecule has 23 heavy (non-hydrogen) atoms. The topological polar surface area (TPSA) is 151 Å². The first-order valence-electron chi connectivity index (χ1n) is 6.66. The average Bonchev–Trinajstić information content (AvgIpc) is 2.44. The molecule has 0 spiro atoms. The number of guanidine groups is 1. The Balaban J connectivity index is 0.000000688. The van der Waals surface area contributed by atoms with Crippen molar-refractivity contribution in [3.05, 3.63) is 34.9 Å². The molecule has 9 heteroatoms. The zero-order valence-electron chi connectivity index (χ0n) is 12.9. The van der Waals surface area contributed by atoms with Crippen molar-refractivity contribution in [1.29, 1.82) is 0 Å². The lowest BCUT2D eigenvalue weighted by atomic mass is 10.1. The molecule has 8 nitrogen and oxygen atoms in total. The maximum absolute atomic E-state index is 9.10. The Morgan fingerprint density at radius 3 is 2.00 bits per heavy atom. The fourth-order valence-electron chi connectivity index (χ4n) is 1.55. The van der Waals surface area contributed by atoms with Gasteiger partial charge in [-0.2, -0.15) is 0 Å². The lowest BCUT2D eigenvalue weighted by molar-refractivity contribution is -0.159. The van der Waals surface area contributed by atoms with Gasteiger partial charge >= 0.3 is 11.9 Å². The van der Waals surface area contributed by atoms with Crippen LogP contribution in [-0.2, 0) is 9.59 Å². The minimum atomic E-state index is -1.82. The molecule has 0 aromatic heterocycles. The summed E-state index contributed by atoms with van der Waals surface area (Å²) >= 11 is 5.86. The van der Waals surface area contributed by atoms with Crippen LogP contribution in [0.5, 0.6) is 0 Å². The SMILES string of the molecule is CC(C)NC(CN=C(N)N)c1ccc(Cl)cc1.O=C(O)C(=O)O. The number of hydrogen-bond donors (Lipinski definition) is 5. The fraction of sp³-hybridized carbons (Fsp3) is 0.357. The number of carbonyl (C=O) groups is 2. The Bertz CT molecular complexity index is 530. The van der Waals surface area contributed by atoms with E-state index >= 15 is 0 Å². The minimum absolute atomic E-state index is 0.0920. The first-order valence-corrected chi connectivity index (χ1v) is 7.04. The van der Waals surface area contributed by atoms with E-state index in [0.717, 1.165) is 10.6 Å². The molecular weight excluding hydrogens is 324 g/mol. The smallest absolute Gasteiger partial charge is 0.414 e. The van der Waals surface area contributed by atoms with E-state index in [1.807, 2.05) is 24.3 Å². The third-order valence-corrected chi connectivity index (χ3v) is 2.70. The Hall–Kier alpha value is -2.32. The van der Waals surface area contributed by atoms with Crippen LogP contribution < -0.4 is 16.8 Å². The predicted molar refractivity (Wildman–Crippen MR) is 88.4 cm³/mol. The van der Waals surface area contributed by atoms with Crippen molar-refractivity contribution in [2.75, 3.05) is 6.54 Å². The van der Waals surface area contributed by atoms with E-state index in [1.54, 1.807) is 0 Å². The molecule has 0 aliphatic rings. The first-order chi connectivity index (χ1) is 10.6. The van der Waals surface area contributed by atoms with Gasteiger partial charge in [0.15, 0.2) is 5.96 Å². The molecule has 0 amide bonds. The molecule has 128 valence electrons. The summed E-state index contributed by atoms with van der Waals surface area (Å²) in [4.78, 5) is 22.3. The highest BCUT2D eigenvalue weighted by molar-refractivity contribution is 6.30. The van der Waals surface area contributed by atoms with Crippen LogP contribution in [0.4, 0.5) is 0 Å². The highest BCUT2D eigenvalue weighted by atomic mass is 35.5. The molecule has 0 saturated carbocycles. The Labute approximate surface area is 139 Å². The third kappa shape index (κ3) is 10.1. The average molecular weight is 345 g/mol. The monoisotopic (exact) mass is 344 g/mol. The largest absolute Gasteiger partial charge is 0.473 e. The van der Waals surface area contributed by atoms with Gasteiger partial charge in [0.25, 0.3) is 0 Å². The number of rotatable bonds is 5. The van der Waals surface area contributed by atoms with Gasteiger partial charge in [-0.25, -0.2) is 9.59 Å². The number of benzene rings is 1. The normalized spacial score (nSPS) is 11.1. The van der Waals surface area contributed by atoms with Crippen LogP contribution in [0.15, 0.2) is 29.3 Å². The number of halogens is 1. The molecule has 0 saturated heterocycles. The van der Waals surface area contributed by atoms with Gasteiger partial charge in [0.1, 0.15) is 0 Å². The van der Waals surface area contributed by atoms with Gasteiger partial charge in [-0.3, -0.25) is 4.99 Å². The highest BCUT2D eigenvalue weighted by Crippen LogP contribution is 2.17. The number of nitrogens with two attached hydrogens (primary N) is 2. The highest BCUT2D eigenvalue weighted by Gasteiger charge is 2.11. The van der Waals surface area contributed by atoms with Gasteiger partial charge in [0, 0.05) is 11.1 Å². The summed E-state index contributed by atoms with van der Waals surface area (Å²) in [5.41, 5.74) is 11.8. The molecule has 1 aromatic rings. The molecule has 1 atom stereocenters. The molecule has 0 aliphatic heterocycles. The van der Waals surface area contributed by atoms with Crippen LogP contribution >= 0.6 is 11.6 Å². The summed E-state index contributed by atoms with van der Waals surface area (Å²) < 4.78 is 0. The van der Waals surface area contributed by atoms with Crippen LogP contribution in [0.3, 0.4) is 0 Å². The van der Waals surface area contributed by atoms with Gasteiger partial charge in [-0.1, -0.05) is 37.6 Å². The van der Waals surface area contributed by atoms with E-state index in [4.69, 9.17) is 42.9 Å². The lowest BCUT2D eigenvalue weighted by Gasteiger charge is -2.20. The Kier molecular flexibility index (Phi) is 9.36. The molecule has 0 aliphatic carbocycles. The van der Waals surface area contributed by atoms with Gasteiger partial charge in [0.05, 0.1) is 12.6 Å². The lowest BCUT2D eigenvalue weighted by Crippen LogP contribution is -2.32. The van der Waals surface area contributed by atoms with E-state index in [9.17, 15) is 0 Å². The van der Waals surface area contributed by atoms with Crippen molar-refractivity contribution in [2.45, 2.75) is 25.9 Å². The minimum Gasteiger partial charge on any atom is -0.473 e. The number of carboxylic acid groups (broad SMARTS) is 2. The summed E-state index contributed by atoms with van der Waals surface area (Å²) in [6, 6.07) is 8.12. The predicted octanol–water partition coefficient (Wildman–Crippen LogP) is 0.808. The van der Waals surface area contributed by atoms with Gasteiger partial charge in [-0.05, 0) is 17.7 Å². The van der Waals surface area contributed by atoms with Gasteiger partial charge < -0.3 is 27.0 Å². The van der Waals surface area contributed by atoms with E-state index in [-0.39, 0.29) is 12.0 Å². The standard InChI is InChI=1S/C12H19ClN4.C2H2O4/c1-8(2)17-11(7-16-12(14)15)9-3-5-10(13)6-4-9;3-1(4)2(5)6/h3-6,8,11,17H,7H2,1-2H3,(H4,14,15,16);(H,3,4)(H,5,6). The van der Waals surface area contributed by atoms with E-state index in [0.29, 0.717) is 12.6 Å². The van der Waals surface area contributed by atoms with Crippen LogP contribution in [0.1, 0.15) is 25.5 Å².